The van der Waals surface area contributed by atoms with Gasteiger partial charge in [0, 0.05) is 12.3 Å². The molecular formula is C9H10F3N3O3. The summed E-state index contributed by atoms with van der Waals surface area (Å²) in [5, 5.41) is 21.5. The Balaban J connectivity index is 2.82. The fraction of sp³-hybridized carbons (Fsp3) is 0.444. The number of aliphatic hydroxyl groups is 1. The minimum absolute atomic E-state index is 0.311. The van der Waals surface area contributed by atoms with Crippen LogP contribution < -0.4 is 5.32 Å². The van der Waals surface area contributed by atoms with Crippen molar-refractivity contribution in [3.8, 4) is 0 Å². The molecule has 100 valence electrons. The maximum atomic E-state index is 12.0. The molecule has 1 rings (SSSR count). The second kappa shape index (κ2) is 5.17. The quantitative estimate of drug-likeness (QED) is 0.638. The van der Waals surface area contributed by atoms with E-state index < -0.39 is 29.4 Å². The van der Waals surface area contributed by atoms with Gasteiger partial charge in [0.15, 0.2) is 6.10 Å². The van der Waals surface area contributed by atoms with Gasteiger partial charge in [-0.1, -0.05) is 0 Å². The van der Waals surface area contributed by atoms with Crippen LogP contribution in [0.3, 0.4) is 0 Å². The summed E-state index contributed by atoms with van der Waals surface area (Å²) in [4.78, 5) is 13.5. The van der Waals surface area contributed by atoms with Gasteiger partial charge in [-0.15, -0.1) is 0 Å². The summed E-state index contributed by atoms with van der Waals surface area (Å²) in [6.45, 7) is 0.661. The molecule has 2 N–H and O–H groups in total. The van der Waals surface area contributed by atoms with E-state index in [1.54, 1.807) is 6.92 Å². The summed E-state index contributed by atoms with van der Waals surface area (Å²) in [6.07, 6.45) is -6.12. The van der Waals surface area contributed by atoms with Crippen LogP contribution in [-0.2, 0) is 0 Å². The van der Waals surface area contributed by atoms with Gasteiger partial charge in [-0.25, -0.2) is 4.98 Å². The first-order chi connectivity index (χ1) is 8.21. The van der Waals surface area contributed by atoms with Gasteiger partial charge in [-0.3, -0.25) is 10.1 Å². The Kier molecular flexibility index (Phi) is 4.07. The van der Waals surface area contributed by atoms with Gasteiger partial charge >= 0.3 is 11.9 Å². The number of halogens is 3. The Morgan fingerprint density at radius 3 is 2.72 bits per heavy atom. The van der Waals surface area contributed by atoms with Gasteiger partial charge in [-0.05, 0) is 12.5 Å². The van der Waals surface area contributed by atoms with Crippen molar-refractivity contribution in [1.29, 1.82) is 0 Å². The van der Waals surface area contributed by atoms with Crippen molar-refractivity contribution in [2.24, 2.45) is 0 Å². The zero-order chi connectivity index (χ0) is 13.9. The van der Waals surface area contributed by atoms with Gasteiger partial charge < -0.3 is 10.4 Å². The third kappa shape index (κ3) is 3.55. The van der Waals surface area contributed by atoms with Crippen LogP contribution in [0.2, 0.25) is 0 Å². The van der Waals surface area contributed by atoms with Crippen LogP contribution in [0, 0.1) is 17.0 Å². The smallest absolute Gasteiger partial charge is 0.382 e. The third-order valence-corrected chi connectivity index (χ3v) is 2.04. The van der Waals surface area contributed by atoms with E-state index in [4.69, 9.17) is 5.11 Å². The highest BCUT2D eigenvalue weighted by atomic mass is 19.4. The number of anilines is 1. The van der Waals surface area contributed by atoms with Gasteiger partial charge in [-0.2, -0.15) is 13.2 Å². The van der Waals surface area contributed by atoms with Crippen LogP contribution in [-0.4, -0.2) is 33.8 Å². The monoisotopic (exact) mass is 265 g/mol. The number of hydrogen-bond donors (Lipinski definition) is 2. The molecule has 9 heteroatoms. The molecule has 0 saturated carbocycles. The lowest BCUT2D eigenvalue weighted by atomic mass is 10.2. The molecule has 1 aromatic heterocycles. The maximum absolute atomic E-state index is 12.0. The summed E-state index contributed by atoms with van der Waals surface area (Å²) < 4.78 is 36.1. The number of aromatic nitrogens is 1. The summed E-state index contributed by atoms with van der Waals surface area (Å²) in [6, 6.07) is 1.18. The van der Waals surface area contributed by atoms with E-state index in [9.17, 15) is 23.3 Å². The van der Waals surface area contributed by atoms with E-state index in [0.29, 0.717) is 5.56 Å². The fourth-order valence-electron chi connectivity index (χ4n) is 1.14. The van der Waals surface area contributed by atoms with Gasteiger partial charge in [0.05, 0.1) is 11.5 Å². The number of nitro groups is 1. The molecule has 1 heterocycles. The lowest BCUT2D eigenvalue weighted by Gasteiger charge is -2.15. The first kappa shape index (κ1) is 14.2. The molecule has 0 radical (unpaired) electrons. The largest absolute Gasteiger partial charge is 0.416 e. The van der Waals surface area contributed by atoms with E-state index in [1.165, 1.54) is 12.3 Å². The van der Waals surface area contributed by atoms with Crippen LogP contribution in [0.4, 0.5) is 24.7 Å². The first-order valence-corrected chi connectivity index (χ1v) is 4.81. The summed E-state index contributed by atoms with van der Waals surface area (Å²) >= 11 is 0. The number of hydrogen-bond acceptors (Lipinski definition) is 5. The Morgan fingerprint density at radius 1 is 1.61 bits per heavy atom. The molecule has 0 saturated heterocycles. The zero-order valence-electron chi connectivity index (χ0n) is 9.23. The lowest BCUT2D eigenvalue weighted by Crippen LogP contribution is -2.35. The minimum atomic E-state index is -4.79. The van der Waals surface area contributed by atoms with E-state index in [2.05, 4.69) is 10.3 Å². The Morgan fingerprint density at radius 2 is 2.22 bits per heavy atom. The number of nitrogens with one attached hydrogen (secondary N) is 1. The van der Waals surface area contributed by atoms with Crippen LogP contribution in [0.5, 0.6) is 0 Å². The minimum Gasteiger partial charge on any atom is -0.382 e. The molecule has 1 unspecified atom stereocenters. The van der Waals surface area contributed by atoms with Gasteiger partial charge in [0.25, 0.3) is 0 Å². The number of pyridine rings is 1. The van der Waals surface area contributed by atoms with Crippen molar-refractivity contribution in [2.45, 2.75) is 19.2 Å². The van der Waals surface area contributed by atoms with Crippen LogP contribution in [0.15, 0.2) is 12.3 Å². The number of aryl methyl sites for hydroxylation is 1. The number of aliphatic hydroxyl groups excluding tert-OH is 1. The highest BCUT2D eigenvalue weighted by molar-refractivity contribution is 5.56. The average Bonchev–Trinajstić information content (AvgIpc) is 2.25. The van der Waals surface area contributed by atoms with Crippen molar-refractivity contribution >= 4 is 11.5 Å². The predicted octanol–water partition coefficient (Wildman–Crippen LogP) is 1.63. The number of alkyl halides is 3. The molecule has 1 atom stereocenters. The Labute approximate surface area is 99.6 Å². The van der Waals surface area contributed by atoms with Crippen LogP contribution >= 0.6 is 0 Å². The molecule has 0 aliphatic rings. The zero-order valence-corrected chi connectivity index (χ0v) is 9.23. The van der Waals surface area contributed by atoms with E-state index >= 15 is 0 Å². The molecule has 0 bridgehead atoms. The SMILES string of the molecule is Cc1cnc(NCC(O)C(F)(F)F)c([N+](=O)[O-])c1. The molecule has 0 spiro atoms. The highest BCUT2D eigenvalue weighted by Crippen LogP contribution is 2.24. The maximum Gasteiger partial charge on any atom is 0.416 e. The topological polar surface area (TPSA) is 88.3 Å². The highest BCUT2D eigenvalue weighted by Gasteiger charge is 2.38. The van der Waals surface area contributed by atoms with Crippen molar-refractivity contribution < 1.29 is 23.2 Å². The first-order valence-electron chi connectivity index (χ1n) is 4.81. The van der Waals surface area contributed by atoms with Gasteiger partial charge in [0.1, 0.15) is 0 Å². The molecule has 0 amide bonds. The molecule has 0 aliphatic heterocycles. The number of nitrogens with zero attached hydrogens (tertiary/aromatic N) is 2. The molecule has 18 heavy (non-hydrogen) atoms. The average molecular weight is 265 g/mol. The second-order valence-electron chi connectivity index (χ2n) is 3.58. The van der Waals surface area contributed by atoms with Crippen molar-refractivity contribution in [3.05, 3.63) is 27.9 Å². The third-order valence-electron chi connectivity index (χ3n) is 2.04. The molecule has 0 fully saturated rings. The normalized spacial score (nSPS) is 13.2. The van der Waals surface area contributed by atoms with Crippen molar-refractivity contribution in [2.75, 3.05) is 11.9 Å². The number of rotatable bonds is 4. The lowest BCUT2D eigenvalue weighted by molar-refractivity contribution is -0.384. The fourth-order valence-corrected chi connectivity index (χ4v) is 1.14. The standard InChI is InChI=1S/C9H10F3N3O3/c1-5-2-6(15(17)18)8(13-3-5)14-4-7(16)9(10,11)12/h2-3,7,16H,4H2,1H3,(H,13,14). The summed E-state index contributed by atoms with van der Waals surface area (Å²) in [5.74, 6) is -0.311. The predicted molar refractivity (Wildman–Crippen MR) is 56.2 cm³/mol. The van der Waals surface area contributed by atoms with E-state index in [-0.39, 0.29) is 5.82 Å². The molecule has 0 aliphatic carbocycles. The van der Waals surface area contributed by atoms with E-state index in [0.717, 1.165) is 0 Å². The molecule has 1 aromatic rings. The van der Waals surface area contributed by atoms with Crippen LogP contribution in [0.1, 0.15) is 5.56 Å². The summed E-state index contributed by atoms with van der Waals surface area (Å²) in [7, 11) is 0. The van der Waals surface area contributed by atoms with Gasteiger partial charge in [0.2, 0.25) is 5.82 Å². The van der Waals surface area contributed by atoms with Crippen molar-refractivity contribution in [1.82, 2.24) is 4.98 Å². The summed E-state index contributed by atoms with van der Waals surface area (Å²) in [5.41, 5.74) is 0.0630. The van der Waals surface area contributed by atoms with Crippen LogP contribution in [0.25, 0.3) is 0 Å². The Hall–Kier alpha value is -1.90. The Bertz CT molecular complexity index is 450. The second-order valence-corrected chi connectivity index (χ2v) is 3.58. The van der Waals surface area contributed by atoms with Crippen molar-refractivity contribution in [3.63, 3.8) is 0 Å². The van der Waals surface area contributed by atoms with E-state index in [1.807, 2.05) is 0 Å². The molecular weight excluding hydrogens is 255 g/mol. The molecule has 6 nitrogen and oxygen atoms in total. The molecule has 0 aromatic carbocycles.